The summed E-state index contributed by atoms with van der Waals surface area (Å²) in [6.07, 6.45) is -1.63. The Balaban J connectivity index is 2.26. The molecule has 0 radical (unpaired) electrons. The van der Waals surface area contributed by atoms with Gasteiger partial charge in [-0.15, -0.1) is 0 Å². The molecule has 0 nitrogen and oxygen atoms in total. The van der Waals surface area contributed by atoms with Gasteiger partial charge in [-0.1, -0.05) is 0 Å². The van der Waals surface area contributed by atoms with Gasteiger partial charge in [0, 0.05) is 0 Å². The molecule has 3 aromatic carbocycles. The van der Waals surface area contributed by atoms with Crippen molar-refractivity contribution in [1.82, 2.24) is 0 Å². The van der Waals surface area contributed by atoms with Crippen molar-refractivity contribution in [3.8, 4) is 11.1 Å². The summed E-state index contributed by atoms with van der Waals surface area (Å²) in [7, 11) is 0. The Morgan fingerprint density at radius 3 is 2.32 bits per heavy atom. The van der Waals surface area contributed by atoms with Crippen LogP contribution in [0.4, 0.5) is 4.39 Å². The third-order valence-corrected chi connectivity index (χ3v) is 8.69. The fraction of sp³-hybridized carbons (Fsp3) is 0.217. The van der Waals surface area contributed by atoms with Crippen molar-refractivity contribution in [2.45, 2.75) is 30.6 Å². The van der Waals surface area contributed by atoms with E-state index in [0.29, 0.717) is 22.3 Å². The zero-order chi connectivity index (χ0) is 19.8. The van der Waals surface area contributed by atoms with Crippen molar-refractivity contribution in [1.29, 1.82) is 0 Å². The maximum absolute atomic E-state index is 14.7. The van der Waals surface area contributed by atoms with Crippen LogP contribution in [0.3, 0.4) is 0 Å². The van der Waals surface area contributed by atoms with Crippen LogP contribution in [-0.2, 0) is 6.37 Å². The van der Waals surface area contributed by atoms with E-state index in [2.05, 4.69) is 17.3 Å². The molecular weight excluding hydrogens is 368 g/mol. The number of hydrogen-bond donors (Lipinski definition) is 0. The van der Waals surface area contributed by atoms with Crippen molar-refractivity contribution in [3.05, 3.63) is 89.2 Å². The standard InChI is InChI=1S/C23H25FGe/c1-17-9-8-12-21(23(17)24)19-13-14-22(25(2,3)4)20(16-19)15-18-10-6-5-7-11-18/h5-14,16H,15H2,1-4H3/i15D2. The van der Waals surface area contributed by atoms with E-state index in [4.69, 9.17) is 2.74 Å². The molecular formula is C23H25FGe. The van der Waals surface area contributed by atoms with Crippen LogP contribution in [0.15, 0.2) is 66.7 Å². The first-order valence-electron chi connectivity index (χ1n) is 9.58. The van der Waals surface area contributed by atoms with Crippen molar-refractivity contribution in [3.63, 3.8) is 0 Å². The summed E-state index contributed by atoms with van der Waals surface area (Å²) < 4.78 is 33.6. The predicted octanol–water partition coefficient (Wildman–Crippen LogP) is 5.94. The average molecular weight is 395 g/mol. The Morgan fingerprint density at radius 1 is 0.920 bits per heavy atom. The minimum absolute atomic E-state index is 0.242. The molecule has 0 N–H and O–H groups in total. The van der Waals surface area contributed by atoms with Crippen LogP contribution in [0.5, 0.6) is 0 Å². The Labute approximate surface area is 155 Å². The summed E-state index contributed by atoms with van der Waals surface area (Å²) in [4.78, 5) is 0. The molecule has 3 rings (SSSR count). The van der Waals surface area contributed by atoms with E-state index in [9.17, 15) is 4.39 Å². The summed E-state index contributed by atoms with van der Waals surface area (Å²) in [6.45, 7) is 1.75. The molecule has 25 heavy (non-hydrogen) atoms. The summed E-state index contributed by atoms with van der Waals surface area (Å²) in [5.41, 5.74) is 3.13. The molecule has 0 saturated carbocycles. The van der Waals surface area contributed by atoms with Gasteiger partial charge in [-0.2, -0.15) is 0 Å². The van der Waals surface area contributed by atoms with Crippen molar-refractivity contribution >= 4 is 17.7 Å². The van der Waals surface area contributed by atoms with E-state index in [0.717, 1.165) is 9.96 Å². The van der Waals surface area contributed by atoms with Crippen LogP contribution in [0.1, 0.15) is 19.4 Å². The van der Waals surface area contributed by atoms with Crippen LogP contribution < -0.4 is 4.40 Å². The quantitative estimate of drug-likeness (QED) is 0.480. The summed E-state index contributed by atoms with van der Waals surface area (Å²) in [5.74, 6) is 6.53. The summed E-state index contributed by atoms with van der Waals surface area (Å²) >= 11 is -2.35. The summed E-state index contributed by atoms with van der Waals surface area (Å²) in [6, 6.07) is 20.4. The molecule has 0 heterocycles. The fourth-order valence-corrected chi connectivity index (χ4v) is 6.22. The first-order chi connectivity index (χ1) is 12.6. The fourth-order valence-electron chi connectivity index (χ4n) is 3.02. The Morgan fingerprint density at radius 2 is 1.64 bits per heavy atom. The second-order valence-electron chi connectivity index (χ2n) is 7.44. The van der Waals surface area contributed by atoms with Gasteiger partial charge in [0.2, 0.25) is 0 Å². The molecule has 0 unspecified atom stereocenters. The molecule has 0 aliphatic rings. The molecule has 0 aliphatic carbocycles. The number of hydrogen-bond acceptors (Lipinski definition) is 0. The predicted molar refractivity (Wildman–Crippen MR) is 109 cm³/mol. The van der Waals surface area contributed by atoms with Crippen molar-refractivity contribution < 1.29 is 7.13 Å². The third-order valence-electron chi connectivity index (χ3n) is 4.38. The molecule has 0 fully saturated rings. The molecule has 2 heteroatoms. The van der Waals surface area contributed by atoms with Crippen LogP contribution in [0.2, 0.25) is 17.3 Å². The van der Waals surface area contributed by atoms with E-state index in [1.54, 1.807) is 19.1 Å². The average Bonchev–Trinajstić information content (AvgIpc) is 2.63. The number of rotatable bonds is 4. The van der Waals surface area contributed by atoms with E-state index in [1.807, 2.05) is 54.6 Å². The van der Waals surface area contributed by atoms with E-state index < -0.39 is 19.6 Å². The molecule has 0 amide bonds. The minimum atomic E-state index is -2.35. The zero-order valence-corrected chi connectivity index (χ0v) is 17.3. The monoisotopic (exact) mass is 396 g/mol. The van der Waals surface area contributed by atoms with E-state index >= 15 is 0 Å². The Kier molecular flexibility index (Phi) is 4.41. The molecule has 0 saturated heterocycles. The van der Waals surface area contributed by atoms with Gasteiger partial charge < -0.3 is 0 Å². The van der Waals surface area contributed by atoms with Crippen LogP contribution in [0, 0.1) is 12.7 Å². The van der Waals surface area contributed by atoms with Gasteiger partial charge in [0.05, 0.1) is 0 Å². The number of benzene rings is 3. The van der Waals surface area contributed by atoms with Crippen LogP contribution in [-0.4, -0.2) is 13.3 Å². The number of halogens is 1. The topological polar surface area (TPSA) is 0 Å². The third kappa shape index (κ3) is 4.04. The Hall–Kier alpha value is -1.87. The van der Waals surface area contributed by atoms with E-state index in [1.165, 1.54) is 0 Å². The molecule has 0 bridgehead atoms. The summed E-state index contributed by atoms with van der Waals surface area (Å²) in [5, 5.41) is 0. The van der Waals surface area contributed by atoms with Crippen molar-refractivity contribution in [2.75, 3.05) is 0 Å². The van der Waals surface area contributed by atoms with Gasteiger partial charge >= 0.3 is 156 Å². The molecule has 0 aliphatic heterocycles. The maximum atomic E-state index is 14.7. The van der Waals surface area contributed by atoms with Gasteiger partial charge in [-0.25, -0.2) is 0 Å². The first kappa shape index (κ1) is 15.4. The van der Waals surface area contributed by atoms with Crippen molar-refractivity contribution in [2.24, 2.45) is 0 Å². The first-order valence-corrected chi connectivity index (χ1v) is 15.9. The van der Waals surface area contributed by atoms with Crippen LogP contribution in [0.25, 0.3) is 11.1 Å². The number of aryl methyl sites for hydroxylation is 1. The zero-order valence-electron chi connectivity index (χ0n) is 17.2. The molecule has 0 atom stereocenters. The van der Waals surface area contributed by atoms with Gasteiger partial charge in [-0.3, -0.25) is 0 Å². The molecule has 0 aromatic heterocycles. The van der Waals surface area contributed by atoms with Gasteiger partial charge in [0.25, 0.3) is 0 Å². The normalized spacial score (nSPS) is 13.3. The SMILES string of the molecule is [2H]C([2H])(c1ccccc1)c1cc(-c2cccc(C)c2F)cc[c]1[Ge]([CH3])([CH3])[CH3]. The second-order valence-corrected chi connectivity index (χ2v) is 18.0. The van der Waals surface area contributed by atoms with Gasteiger partial charge in [0.15, 0.2) is 0 Å². The molecule has 128 valence electrons. The molecule has 3 aromatic rings. The van der Waals surface area contributed by atoms with Crippen LogP contribution >= 0.6 is 0 Å². The molecule has 0 spiro atoms. The van der Waals surface area contributed by atoms with Gasteiger partial charge in [-0.05, 0) is 0 Å². The second kappa shape index (κ2) is 7.17. The Bertz CT molecular complexity index is 960. The van der Waals surface area contributed by atoms with Gasteiger partial charge in [0.1, 0.15) is 0 Å². The van der Waals surface area contributed by atoms with E-state index in [-0.39, 0.29) is 5.82 Å².